The third-order valence-corrected chi connectivity index (χ3v) is 5.01. The van der Waals surface area contributed by atoms with E-state index < -0.39 is 16.1 Å². The van der Waals surface area contributed by atoms with Crippen LogP contribution in [0.1, 0.15) is 24.0 Å². The van der Waals surface area contributed by atoms with Crippen LogP contribution in [0.4, 0.5) is 5.69 Å². The Bertz CT molecular complexity index is 641. The van der Waals surface area contributed by atoms with Gasteiger partial charge >= 0.3 is 0 Å². The highest BCUT2D eigenvalue weighted by molar-refractivity contribution is 7.89. The minimum Gasteiger partial charge on any atom is -0.398 e. The molecule has 1 saturated heterocycles. The number of piperidine rings is 1. The Hall–Kier alpha value is -1.60. The van der Waals surface area contributed by atoms with Crippen LogP contribution in [0.2, 0.25) is 0 Å². The molecule has 0 spiro atoms. The van der Waals surface area contributed by atoms with Gasteiger partial charge in [0.1, 0.15) is 6.04 Å². The first-order chi connectivity index (χ1) is 9.31. The first-order valence-electron chi connectivity index (χ1n) is 6.48. The van der Waals surface area contributed by atoms with Crippen LogP contribution in [0.3, 0.4) is 0 Å². The highest BCUT2D eigenvalue weighted by Crippen LogP contribution is 2.23. The molecule has 2 rings (SSSR count). The fourth-order valence-corrected chi connectivity index (χ4v) is 3.86. The van der Waals surface area contributed by atoms with Gasteiger partial charge in [0, 0.05) is 12.2 Å². The topological polar surface area (TPSA) is 101 Å². The van der Waals surface area contributed by atoms with Crippen molar-refractivity contribution in [1.29, 1.82) is 0 Å². The van der Waals surface area contributed by atoms with Gasteiger partial charge in [-0.05, 0) is 49.9 Å². The van der Waals surface area contributed by atoms with Crippen molar-refractivity contribution >= 4 is 21.6 Å². The fraction of sp³-hybridized carbons (Fsp3) is 0.462. The van der Waals surface area contributed by atoms with Crippen molar-refractivity contribution in [1.82, 2.24) is 10.0 Å². The summed E-state index contributed by atoms with van der Waals surface area (Å²) in [6, 6.07) is 2.58. The number of nitrogens with two attached hydrogens (primary N) is 1. The molecule has 6 nitrogen and oxygen atoms in total. The number of anilines is 1. The molecule has 1 aromatic carbocycles. The number of carbonyl (C=O) groups excluding carboxylic acids is 1. The lowest BCUT2D eigenvalue weighted by atomic mass is 10.1. The van der Waals surface area contributed by atoms with Crippen LogP contribution in [0.15, 0.2) is 17.0 Å². The van der Waals surface area contributed by atoms with E-state index in [1.807, 2.05) is 0 Å². The molecule has 110 valence electrons. The predicted octanol–water partition coefficient (Wildman–Crippen LogP) is 0.443. The van der Waals surface area contributed by atoms with Crippen molar-refractivity contribution in [3.8, 4) is 0 Å². The zero-order valence-corrected chi connectivity index (χ0v) is 12.4. The number of hydrogen-bond donors (Lipinski definition) is 3. The molecule has 0 radical (unpaired) electrons. The van der Waals surface area contributed by atoms with Crippen LogP contribution in [0, 0.1) is 13.8 Å². The van der Waals surface area contributed by atoms with Gasteiger partial charge in [-0.15, -0.1) is 0 Å². The lowest BCUT2D eigenvalue weighted by Crippen LogP contribution is -2.50. The van der Waals surface area contributed by atoms with Gasteiger partial charge in [0.15, 0.2) is 0 Å². The summed E-state index contributed by atoms with van der Waals surface area (Å²) in [5.41, 5.74) is 7.50. The van der Waals surface area contributed by atoms with Crippen molar-refractivity contribution in [2.24, 2.45) is 0 Å². The molecular formula is C13H19N3O3S. The molecule has 1 aliphatic rings. The van der Waals surface area contributed by atoms with Crippen LogP contribution in [0.25, 0.3) is 0 Å². The highest BCUT2D eigenvalue weighted by Gasteiger charge is 2.28. The molecule has 0 aliphatic carbocycles. The second kappa shape index (κ2) is 5.41. The molecule has 1 amide bonds. The van der Waals surface area contributed by atoms with E-state index in [-0.39, 0.29) is 10.8 Å². The maximum atomic E-state index is 12.4. The van der Waals surface area contributed by atoms with E-state index in [0.717, 1.165) is 12.0 Å². The Morgan fingerprint density at radius 3 is 2.70 bits per heavy atom. The normalized spacial score (nSPS) is 19.7. The number of amides is 1. The van der Waals surface area contributed by atoms with E-state index >= 15 is 0 Å². The van der Waals surface area contributed by atoms with Gasteiger partial charge in [0.05, 0.1) is 4.90 Å². The summed E-state index contributed by atoms with van der Waals surface area (Å²) in [6.45, 7) is 4.03. The van der Waals surface area contributed by atoms with Crippen LogP contribution >= 0.6 is 0 Å². The van der Waals surface area contributed by atoms with Gasteiger partial charge in [0.25, 0.3) is 0 Å². The minimum absolute atomic E-state index is 0.133. The van der Waals surface area contributed by atoms with Gasteiger partial charge in [0.2, 0.25) is 15.9 Å². The standard InChI is InChI=1S/C13H19N3O3S/c1-8-6-10(14)9(2)12(7-8)20(18,19)16-11-4-3-5-15-13(11)17/h6-7,11,16H,3-5,14H2,1-2H3,(H,15,17). The highest BCUT2D eigenvalue weighted by atomic mass is 32.2. The van der Waals surface area contributed by atoms with Gasteiger partial charge in [-0.25, -0.2) is 8.42 Å². The van der Waals surface area contributed by atoms with Crippen molar-refractivity contribution < 1.29 is 13.2 Å². The second-order valence-corrected chi connectivity index (χ2v) is 6.77. The maximum Gasteiger partial charge on any atom is 0.241 e. The monoisotopic (exact) mass is 297 g/mol. The Labute approximate surface area is 118 Å². The SMILES string of the molecule is Cc1cc(N)c(C)c(S(=O)(=O)NC2CCCNC2=O)c1. The van der Waals surface area contributed by atoms with Gasteiger partial charge < -0.3 is 11.1 Å². The molecule has 1 heterocycles. The molecule has 1 atom stereocenters. The van der Waals surface area contributed by atoms with Crippen LogP contribution in [0.5, 0.6) is 0 Å². The first-order valence-corrected chi connectivity index (χ1v) is 7.96. The molecule has 7 heteroatoms. The quantitative estimate of drug-likeness (QED) is 0.705. The van der Waals surface area contributed by atoms with Gasteiger partial charge in [-0.3, -0.25) is 4.79 Å². The molecular weight excluding hydrogens is 278 g/mol. The summed E-state index contributed by atoms with van der Waals surface area (Å²) in [7, 11) is -3.76. The number of sulfonamides is 1. The summed E-state index contributed by atoms with van der Waals surface area (Å²) in [5.74, 6) is -0.280. The molecule has 1 unspecified atom stereocenters. The lowest BCUT2D eigenvalue weighted by molar-refractivity contribution is -0.124. The summed E-state index contributed by atoms with van der Waals surface area (Å²) < 4.78 is 27.3. The van der Waals surface area contributed by atoms with Crippen LogP contribution in [-0.4, -0.2) is 26.9 Å². The first kappa shape index (κ1) is 14.8. The van der Waals surface area contributed by atoms with E-state index in [0.29, 0.717) is 24.2 Å². The summed E-state index contributed by atoms with van der Waals surface area (Å²) in [5, 5.41) is 2.65. The largest absolute Gasteiger partial charge is 0.398 e. The molecule has 0 aromatic heterocycles. The Balaban J connectivity index is 2.33. The third-order valence-electron chi connectivity index (χ3n) is 3.42. The maximum absolute atomic E-state index is 12.4. The fourth-order valence-electron chi connectivity index (χ4n) is 2.27. The number of carbonyl (C=O) groups is 1. The zero-order valence-electron chi connectivity index (χ0n) is 11.6. The average Bonchev–Trinajstić information content (AvgIpc) is 2.36. The molecule has 4 N–H and O–H groups in total. The predicted molar refractivity (Wildman–Crippen MR) is 76.7 cm³/mol. The van der Waals surface area contributed by atoms with Crippen molar-refractivity contribution in [2.45, 2.75) is 37.6 Å². The molecule has 1 aliphatic heterocycles. The number of rotatable bonds is 3. The molecule has 20 heavy (non-hydrogen) atoms. The number of benzene rings is 1. The zero-order chi connectivity index (χ0) is 14.9. The molecule has 0 saturated carbocycles. The summed E-state index contributed by atoms with van der Waals surface area (Å²) >= 11 is 0. The lowest BCUT2D eigenvalue weighted by Gasteiger charge is -2.23. The summed E-state index contributed by atoms with van der Waals surface area (Å²) in [6.07, 6.45) is 1.26. The van der Waals surface area contributed by atoms with E-state index in [2.05, 4.69) is 10.0 Å². The Morgan fingerprint density at radius 2 is 2.05 bits per heavy atom. The molecule has 0 bridgehead atoms. The second-order valence-electron chi connectivity index (χ2n) is 5.08. The molecule has 1 aromatic rings. The van der Waals surface area contributed by atoms with Crippen molar-refractivity contribution in [2.75, 3.05) is 12.3 Å². The number of nitrogen functional groups attached to an aromatic ring is 1. The summed E-state index contributed by atoms with van der Waals surface area (Å²) in [4.78, 5) is 11.8. The minimum atomic E-state index is -3.76. The average molecular weight is 297 g/mol. The van der Waals surface area contributed by atoms with E-state index in [1.165, 1.54) is 0 Å². The third kappa shape index (κ3) is 2.94. The van der Waals surface area contributed by atoms with Crippen LogP contribution in [-0.2, 0) is 14.8 Å². The van der Waals surface area contributed by atoms with E-state index in [1.54, 1.807) is 26.0 Å². The van der Waals surface area contributed by atoms with Gasteiger partial charge in [-0.2, -0.15) is 4.72 Å². The van der Waals surface area contributed by atoms with E-state index in [4.69, 9.17) is 5.73 Å². The number of nitrogens with one attached hydrogen (secondary N) is 2. The Kier molecular flexibility index (Phi) is 4.01. The van der Waals surface area contributed by atoms with Crippen molar-refractivity contribution in [3.63, 3.8) is 0 Å². The van der Waals surface area contributed by atoms with E-state index in [9.17, 15) is 13.2 Å². The Morgan fingerprint density at radius 1 is 1.35 bits per heavy atom. The van der Waals surface area contributed by atoms with Gasteiger partial charge in [-0.1, -0.05) is 0 Å². The number of aryl methyl sites for hydroxylation is 1. The smallest absolute Gasteiger partial charge is 0.241 e. The van der Waals surface area contributed by atoms with Crippen LogP contribution < -0.4 is 15.8 Å². The van der Waals surface area contributed by atoms with Crippen molar-refractivity contribution in [3.05, 3.63) is 23.3 Å². The molecule has 1 fully saturated rings. The number of hydrogen-bond acceptors (Lipinski definition) is 4.